The van der Waals surface area contributed by atoms with E-state index in [2.05, 4.69) is 4.90 Å². The Balaban J connectivity index is 1.70. The molecule has 1 aromatic carbocycles. The van der Waals surface area contributed by atoms with Crippen LogP contribution in [0.25, 0.3) is 0 Å². The van der Waals surface area contributed by atoms with Crippen LogP contribution in [0.2, 0.25) is 0 Å². The number of likely N-dealkylation sites (N-methyl/N-ethyl adjacent to an activating group) is 1. The van der Waals surface area contributed by atoms with Gasteiger partial charge in [0.2, 0.25) is 0 Å². The highest BCUT2D eigenvalue weighted by Crippen LogP contribution is 2.26. The molecule has 1 fully saturated rings. The van der Waals surface area contributed by atoms with Crippen molar-refractivity contribution in [3.63, 3.8) is 0 Å². The van der Waals surface area contributed by atoms with Gasteiger partial charge >= 0.3 is 5.97 Å². The molecule has 1 heterocycles. The second-order valence-electron chi connectivity index (χ2n) is 6.11. The Morgan fingerprint density at radius 3 is 2.46 bits per heavy atom. The molecule has 6 nitrogen and oxygen atoms in total. The van der Waals surface area contributed by atoms with E-state index >= 15 is 0 Å². The van der Waals surface area contributed by atoms with Crippen molar-refractivity contribution in [2.75, 3.05) is 46.4 Å². The van der Waals surface area contributed by atoms with E-state index in [1.54, 1.807) is 0 Å². The fraction of sp³-hybridized carbons (Fsp3) is 0.611. The summed E-state index contributed by atoms with van der Waals surface area (Å²) in [6, 6.07) is 8.09. The van der Waals surface area contributed by atoms with Crippen molar-refractivity contribution in [2.45, 2.75) is 25.8 Å². The van der Waals surface area contributed by atoms with Crippen LogP contribution in [0.5, 0.6) is 11.5 Å². The average Bonchev–Trinajstić information content (AvgIpc) is 2.56. The molecule has 24 heavy (non-hydrogen) atoms. The van der Waals surface area contributed by atoms with Crippen molar-refractivity contribution in [1.29, 1.82) is 0 Å². The monoisotopic (exact) mass is 336 g/mol. The van der Waals surface area contributed by atoms with Crippen molar-refractivity contribution < 1.29 is 19.4 Å². The Bertz CT molecular complexity index is 515. The maximum absolute atomic E-state index is 10.8. The molecule has 6 heteroatoms. The van der Waals surface area contributed by atoms with Crippen molar-refractivity contribution in [3.05, 3.63) is 24.3 Å². The van der Waals surface area contributed by atoms with Gasteiger partial charge in [0.05, 0.1) is 13.2 Å². The van der Waals surface area contributed by atoms with E-state index in [-0.39, 0.29) is 6.54 Å². The molecule has 134 valence electrons. The van der Waals surface area contributed by atoms with Crippen LogP contribution in [-0.2, 0) is 4.79 Å². The first kappa shape index (κ1) is 18.5. The lowest BCUT2D eigenvalue weighted by Gasteiger charge is -2.36. The van der Waals surface area contributed by atoms with E-state index in [0.717, 1.165) is 44.0 Å². The number of hydrogen-bond acceptors (Lipinski definition) is 5. The number of nitrogens with zero attached hydrogens (tertiary/aromatic N) is 2. The molecule has 1 N–H and O–H groups in total. The third-order valence-electron chi connectivity index (χ3n) is 4.38. The van der Waals surface area contributed by atoms with Gasteiger partial charge in [-0.3, -0.25) is 14.6 Å². The molecule has 1 aliphatic heterocycles. The lowest BCUT2D eigenvalue weighted by atomic mass is 10.0. The van der Waals surface area contributed by atoms with Gasteiger partial charge in [-0.1, -0.05) is 12.1 Å². The van der Waals surface area contributed by atoms with Crippen LogP contribution >= 0.6 is 0 Å². The minimum Gasteiger partial charge on any atom is -0.490 e. The Hall–Kier alpha value is -1.79. The standard InChI is InChI=1S/C18H28N2O4/c1-3-23-16-6-4-5-7-17(16)24-13-12-20-10-8-15(9-11-20)19(2)14-18(21)22/h4-7,15H,3,8-14H2,1-2H3,(H,21,22). The predicted octanol–water partition coefficient (Wildman–Crippen LogP) is 1.94. The Labute approximate surface area is 144 Å². The highest BCUT2D eigenvalue weighted by Gasteiger charge is 2.23. The number of carboxylic acid groups (broad SMARTS) is 1. The van der Waals surface area contributed by atoms with Crippen molar-refractivity contribution in [3.8, 4) is 11.5 Å². The molecule has 1 saturated heterocycles. The zero-order valence-electron chi connectivity index (χ0n) is 14.6. The van der Waals surface area contributed by atoms with Gasteiger partial charge in [-0.25, -0.2) is 0 Å². The molecule has 0 aliphatic carbocycles. The van der Waals surface area contributed by atoms with Gasteiger partial charge in [-0.2, -0.15) is 0 Å². The number of ether oxygens (including phenoxy) is 2. The van der Waals surface area contributed by atoms with Crippen LogP contribution in [0.4, 0.5) is 0 Å². The van der Waals surface area contributed by atoms with Gasteiger partial charge in [0, 0.05) is 12.6 Å². The summed E-state index contributed by atoms with van der Waals surface area (Å²) in [5.41, 5.74) is 0. The average molecular weight is 336 g/mol. The summed E-state index contributed by atoms with van der Waals surface area (Å²) in [7, 11) is 1.89. The minimum absolute atomic E-state index is 0.113. The summed E-state index contributed by atoms with van der Waals surface area (Å²) < 4.78 is 11.4. The van der Waals surface area contributed by atoms with Gasteiger partial charge in [0.25, 0.3) is 0 Å². The van der Waals surface area contributed by atoms with Crippen LogP contribution in [0, 0.1) is 0 Å². The van der Waals surface area contributed by atoms with Crippen LogP contribution in [-0.4, -0.2) is 73.4 Å². The summed E-state index contributed by atoms with van der Waals surface area (Å²) in [5.74, 6) is 0.811. The van der Waals surface area contributed by atoms with Crippen LogP contribution in [0.1, 0.15) is 19.8 Å². The second kappa shape index (κ2) is 9.49. The maximum atomic E-state index is 10.8. The first-order valence-corrected chi connectivity index (χ1v) is 8.59. The minimum atomic E-state index is -0.763. The quantitative estimate of drug-likeness (QED) is 0.744. The summed E-state index contributed by atoms with van der Waals surface area (Å²) >= 11 is 0. The number of benzene rings is 1. The third kappa shape index (κ3) is 5.69. The molecule has 0 amide bonds. The van der Waals surface area contributed by atoms with Gasteiger partial charge in [0.1, 0.15) is 6.61 Å². The number of likely N-dealkylation sites (tertiary alicyclic amines) is 1. The fourth-order valence-electron chi connectivity index (χ4n) is 3.06. The van der Waals surface area contributed by atoms with E-state index in [1.165, 1.54) is 0 Å². The smallest absolute Gasteiger partial charge is 0.317 e. The molecular weight excluding hydrogens is 308 g/mol. The van der Waals surface area contributed by atoms with Gasteiger partial charge < -0.3 is 14.6 Å². The van der Waals surface area contributed by atoms with E-state index < -0.39 is 5.97 Å². The first-order valence-electron chi connectivity index (χ1n) is 8.59. The first-order chi connectivity index (χ1) is 11.6. The number of rotatable bonds is 9. The summed E-state index contributed by atoms with van der Waals surface area (Å²) in [4.78, 5) is 15.1. The molecule has 0 radical (unpaired) electrons. The largest absolute Gasteiger partial charge is 0.490 e. The van der Waals surface area contributed by atoms with Gasteiger partial charge in [-0.15, -0.1) is 0 Å². The highest BCUT2D eigenvalue weighted by atomic mass is 16.5. The molecular formula is C18H28N2O4. The zero-order chi connectivity index (χ0) is 17.4. The number of carbonyl (C=O) groups is 1. The lowest BCUT2D eigenvalue weighted by molar-refractivity contribution is -0.138. The Morgan fingerprint density at radius 1 is 1.25 bits per heavy atom. The van der Waals surface area contributed by atoms with E-state index in [9.17, 15) is 4.79 Å². The van der Waals surface area contributed by atoms with Crippen LogP contribution in [0.15, 0.2) is 24.3 Å². The second-order valence-corrected chi connectivity index (χ2v) is 6.11. The van der Waals surface area contributed by atoms with Crippen molar-refractivity contribution in [1.82, 2.24) is 9.80 Å². The third-order valence-corrected chi connectivity index (χ3v) is 4.38. The number of hydrogen-bond donors (Lipinski definition) is 1. The van der Waals surface area contributed by atoms with Gasteiger partial charge in [-0.05, 0) is 52.0 Å². The number of para-hydroxylation sites is 2. The molecule has 2 rings (SSSR count). The van der Waals surface area contributed by atoms with Crippen molar-refractivity contribution in [2.24, 2.45) is 0 Å². The molecule has 1 aromatic rings. The van der Waals surface area contributed by atoms with E-state index in [4.69, 9.17) is 14.6 Å². The van der Waals surface area contributed by atoms with Gasteiger partial charge in [0.15, 0.2) is 11.5 Å². The normalized spacial score (nSPS) is 16.3. The lowest BCUT2D eigenvalue weighted by Crippen LogP contribution is -2.45. The van der Waals surface area contributed by atoms with E-state index in [1.807, 2.05) is 43.1 Å². The Morgan fingerprint density at radius 2 is 1.88 bits per heavy atom. The summed E-state index contributed by atoms with van der Waals surface area (Å²) in [6.45, 7) is 6.15. The Kier molecular flexibility index (Phi) is 7.34. The molecule has 0 atom stereocenters. The van der Waals surface area contributed by atoms with Crippen LogP contribution < -0.4 is 9.47 Å². The molecule has 0 bridgehead atoms. The molecule has 0 unspecified atom stereocenters. The number of piperidine rings is 1. The van der Waals surface area contributed by atoms with Crippen LogP contribution in [0.3, 0.4) is 0 Å². The van der Waals surface area contributed by atoms with Crippen molar-refractivity contribution >= 4 is 5.97 Å². The SMILES string of the molecule is CCOc1ccccc1OCCN1CCC(N(C)CC(=O)O)CC1. The summed E-state index contributed by atoms with van der Waals surface area (Å²) in [5, 5.41) is 8.87. The number of aliphatic carboxylic acids is 1. The molecule has 1 aliphatic rings. The highest BCUT2D eigenvalue weighted by molar-refractivity contribution is 5.69. The summed E-state index contributed by atoms with van der Waals surface area (Å²) in [6.07, 6.45) is 2.00. The fourth-order valence-corrected chi connectivity index (χ4v) is 3.06. The zero-order valence-corrected chi connectivity index (χ0v) is 14.6. The molecule has 0 saturated carbocycles. The topological polar surface area (TPSA) is 62.2 Å². The molecule has 0 spiro atoms. The van der Waals surface area contributed by atoms with E-state index in [0.29, 0.717) is 19.3 Å². The maximum Gasteiger partial charge on any atom is 0.317 e. The predicted molar refractivity (Wildman–Crippen MR) is 92.8 cm³/mol. The molecule has 0 aromatic heterocycles. The number of carboxylic acids is 1.